The Morgan fingerprint density at radius 2 is 1.50 bits per heavy atom. The zero-order valence-electron chi connectivity index (χ0n) is 24.5. The van der Waals surface area contributed by atoms with Crippen molar-refractivity contribution in [3.8, 4) is 22.3 Å². The zero-order chi connectivity index (χ0) is 29.4. The number of ether oxygens (including phenoxy) is 1. The highest BCUT2D eigenvalue weighted by Gasteiger charge is 2.42. The topological polar surface area (TPSA) is 70.7 Å². The molecule has 0 atom stereocenters. The Morgan fingerprint density at radius 1 is 0.795 bits per heavy atom. The number of urea groups is 1. The van der Waals surface area contributed by atoms with E-state index in [1.165, 1.54) is 51.4 Å². The van der Waals surface area contributed by atoms with Crippen LogP contribution in [0.5, 0.6) is 0 Å². The van der Waals surface area contributed by atoms with Gasteiger partial charge in [-0.05, 0) is 81.8 Å². The summed E-state index contributed by atoms with van der Waals surface area (Å²) in [5.74, 6) is -0.427. The summed E-state index contributed by atoms with van der Waals surface area (Å²) < 4.78 is 4.80. The summed E-state index contributed by atoms with van der Waals surface area (Å²) in [7, 11) is 1.35. The number of hydrogen-bond acceptors (Lipinski definition) is 4. The molecule has 1 saturated heterocycles. The molecule has 0 unspecified atom stereocenters. The molecule has 0 aliphatic carbocycles. The number of halogens is 1. The van der Waals surface area contributed by atoms with E-state index in [2.05, 4.69) is 95.6 Å². The van der Waals surface area contributed by atoms with Crippen LogP contribution < -0.4 is 10.6 Å². The monoisotopic (exact) mass is 603 g/mol. The number of piperidine rings is 1. The van der Waals surface area contributed by atoms with E-state index in [0.29, 0.717) is 24.3 Å². The Balaban J connectivity index is 0.00000343. The van der Waals surface area contributed by atoms with Gasteiger partial charge in [-0.1, -0.05) is 78.9 Å². The van der Waals surface area contributed by atoms with Crippen molar-refractivity contribution in [2.24, 2.45) is 0 Å². The smallest absolute Gasteiger partial charge is 0.337 e. The molecule has 222 valence electrons. The van der Waals surface area contributed by atoms with E-state index in [1.807, 2.05) is 4.90 Å². The average molecular weight is 604 g/mol. The largest absolute Gasteiger partial charge is 0.465 e. The molecule has 5 aromatic carbocycles. The van der Waals surface area contributed by atoms with E-state index < -0.39 is 5.97 Å². The minimum atomic E-state index is -0.427. The van der Waals surface area contributed by atoms with Gasteiger partial charge in [-0.25, -0.2) is 9.59 Å². The van der Waals surface area contributed by atoms with Gasteiger partial charge < -0.3 is 20.3 Å². The van der Waals surface area contributed by atoms with Crippen molar-refractivity contribution < 1.29 is 14.3 Å². The van der Waals surface area contributed by atoms with E-state index >= 15 is 0 Å². The lowest BCUT2D eigenvalue weighted by Crippen LogP contribution is -2.47. The predicted octanol–water partition coefficient (Wildman–Crippen LogP) is 8.37. The molecule has 2 amide bonds. The fourth-order valence-electron chi connectivity index (χ4n) is 6.62. The van der Waals surface area contributed by atoms with Gasteiger partial charge in [0.05, 0.1) is 12.7 Å². The lowest BCUT2D eigenvalue weighted by Gasteiger charge is -2.39. The van der Waals surface area contributed by atoms with Gasteiger partial charge in [-0.2, -0.15) is 0 Å². The van der Waals surface area contributed by atoms with Gasteiger partial charge in [0.1, 0.15) is 0 Å². The molecule has 2 heterocycles. The number of likely N-dealkylation sites (tertiary alicyclic amines) is 1. The van der Waals surface area contributed by atoms with Crippen molar-refractivity contribution in [3.63, 3.8) is 0 Å². The molecule has 7 rings (SSSR count). The fraction of sp³-hybridized carbons (Fsp3) is 0.189. The van der Waals surface area contributed by atoms with Crippen LogP contribution in [0, 0.1) is 0 Å². The third-order valence-electron chi connectivity index (χ3n) is 9.07. The predicted molar refractivity (Wildman–Crippen MR) is 180 cm³/mol. The van der Waals surface area contributed by atoms with E-state index in [0.717, 1.165) is 19.4 Å². The number of nitrogens with zero attached hydrogens (tertiary/aromatic N) is 1. The van der Waals surface area contributed by atoms with Crippen LogP contribution in [0.25, 0.3) is 33.0 Å². The molecule has 2 aliphatic rings. The number of carbonyl (C=O) groups excluding carboxylic acids is 2. The van der Waals surface area contributed by atoms with Crippen LogP contribution in [-0.4, -0.2) is 43.6 Å². The maximum Gasteiger partial charge on any atom is 0.337 e. The zero-order valence-corrected chi connectivity index (χ0v) is 25.3. The first-order valence-corrected chi connectivity index (χ1v) is 14.7. The quantitative estimate of drug-likeness (QED) is 0.202. The second kappa shape index (κ2) is 12.1. The summed E-state index contributed by atoms with van der Waals surface area (Å²) in [6.45, 7) is 2.20. The summed E-state index contributed by atoms with van der Waals surface area (Å²) in [4.78, 5) is 26.8. The molecular weight excluding hydrogens is 570 g/mol. The van der Waals surface area contributed by atoms with Crippen molar-refractivity contribution in [1.82, 2.24) is 4.90 Å². The Kier molecular flexibility index (Phi) is 8.02. The number of amides is 2. The molecular formula is C37H34ClN3O3. The third-order valence-corrected chi connectivity index (χ3v) is 9.07. The van der Waals surface area contributed by atoms with E-state index in [1.54, 1.807) is 24.3 Å². The maximum atomic E-state index is 13.1. The molecule has 44 heavy (non-hydrogen) atoms. The molecule has 6 nitrogen and oxygen atoms in total. The van der Waals surface area contributed by atoms with Crippen molar-refractivity contribution in [1.29, 1.82) is 0 Å². The van der Waals surface area contributed by atoms with E-state index in [-0.39, 0.29) is 23.9 Å². The molecule has 7 heteroatoms. The number of fused-ring (bicyclic) bond motifs is 3. The molecule has 2 aliphatic heterocycles. The Labute approximate surface area is 263 Å². The molecule has 0 radical (unpaired) electrons. The lowest BCUT2D eigenvalue weighted by atomic mass is 9.74. The summed E-state index contributed by atoms with van der Waals surface area (Å²) in [5.41, 5.74) is 8.37. The molecule has 1 fully saturated rings. The molecule has 0 saturated carbocycles. The molecule has 0 bridgehead atoms. The first-order valence-electron chi connectivity index (χ1n) is 14.7. The Hall–Kier alpha value is -4.81. The van der Waals surface area contributed by atoms with Gasteiger partial charge in [-0.3, -0.25) is 0 Å². The Bertz CT molecular complexity index is 1840. The standard InChI is InChI=1S/C37H33N3O3.ClH/c1-43-35(41)29-8-4-9-30(22-29)39-36(42)40-20-18-37(19-21-40)24-38-34-17-16-28(23-33(34)37)25-12-14-27(15-13-25)32-11-5-7-26-6-2-3-10-31(26)32;/h2-17,22-23,38H,18-21,24H2,1H3,(H,39,42);1H. The number of methoxy groups -OCH3 is 1. The minimum Gasteiger partial charge on any atom is -0.465 e. The van der Waals surface area contributed by atoms with Crippen molar-refractivity contribution in [2.75, 3.05) is 37.4 Å². The molecule has 1 spiro atoms. The van der Waals surface area contributed by atoms with Crippen molar-refractivity contribution >= 4 is 46.6 Å². The molecule has 0 aromatic heterocycles. The van der Waals surface area contributed by atoms with Gasteiger partial charge in [0, 0.05) is 36.4 Å². The van der Waals surface area contributed by atoms with Gasteiger partial charge in [0.25, 0.3) is 0 Å². The summed E-state index contributed by atoms with van der Waals surface area (Å²) in [6, 6.07) is 37.3. The summed E-state index contributed by atoms with van der Waals surface area (Å²) in [6.07, 6.45) is 1.76. The third kappa shape index (κ3) is 5.38. The highest BCUT2D eigenvalue weighted by atomic mass is 35.5. The number of nitrogens with one attached hydrogen (secondary N) is 2. The van der Waals surface area contributed by atoms with Crippen LogP contribution in [0.2, 0.25) is 0 Å². The van der Waals surface area contributed by atoms with Crippen molar-refractivity contribution in [3.05, 3.63) is 120 Å². The lowest BCUT2D eigenvalue weighted by molar-refractivity contribution is 0.0600. The van der Waals surface area contributed by atoms with Gasteiger partial charge >= 0.3 is 12.0 Å². The van der Waals surface area contributed by atoms with E-state index in [9.17, 15) is 9.59 Å². The number of rotatable bonds is 4. The van der Waals surface area contributed by atoms with Gasteiger partial charge in [-0.15, -0.1) is 12.4 Å². The first-order chi connectivity index (χ1) is 21.0. The molecule has 2 N–H and O–H groups in total. The van der Waals surface area contributed by atoms with Crippen LogP contribution in [0.1, 0.15) is 28.8 Å². The van der Waals surface area contributed by atoms with Crippen LogP contribution >= 0.6 is 12.4 Å². The van der Waals surface area contributed by atoms with Crippen molar-refractivity contribution in [2.45, 2.75) is 18.3 Å². The van der Waals surface area contributed by atoms with Crippen LogP contribution in [-0.2, 0) is 10.2 Å². The fourth-order valence-corrected chi connectivity index (χ4v) is 6.62. The number of esters is 1. The Morgan fingerprint density at radius 3 is 2.30 bits per heavy atom. The minimum absolute atomic E-state index is 0. The number of anilines is 2. The normalized spacial score (nSPS) is 14.8. The second-order valence-corrected chi connectivity index (χ2v) is 11.5. The maximum absolute atomic E-state index is 13.1. The highest BCUT2D eigenvalue weighted by molar-refractivity contribution is 5.97. The van der Waals surface area contributed by atoms with Crippen LogP contribution in [0.15, 0.2) is 109 Å². The van der Waals surface area contributed by atoms with E-state index in [4.69, 9.17) is 4.74 Å². The number of benzene rings is 5. The van der Waals surface area contributed by atoms with Crippen LogP contribution in [0.3, 0.4) is 0 Å². The summed E-state index contributed by atoms with van der Waals surface area (Å²) in [5, 5.41) is 9.09. The van der Waals surface area contributed by atoms with Gasteiger partial charge in [0.15, 0.2) is 0 Å². The molecule has 5 aromatic rings. The number of hydrogen-bond donors (Lipinski definition) is 2. The second-order valence-electron chi connectivity index (χ2n) is 11.5. The van der Waals surface area contributed by atoms with Crippen LogP contribution in [0.4, 0.5) is 16.2 Å². The summed E-state index contributed by atoms with van der Waals surface area (Å²) >= 11 is 0. The number of carbonyl (C=O) groups is 2. The average Bonchev–Trinajstić information content (AvgIpc) is 3.41. The highest BCUT2D eigenvalue weighted by Crippen LogP contribution is 2.45. The first kappa shape index (κ1) is 29.3. The SMILES string of the molecule is COC(=O)c1cccc(NC(=O)N2CCC3(CC2)CNc2ccc(-c4ccc(-c5cccc6ccccc56)cc4)cc23)c1.Cl. The van der Waals surface area contributed by atoms with Gasteiger partial charge in [0.2, 0.25) is 0 Å².